The van der Waals surface area contributed by atoms with Gasteiger partial charge in [-0.25, -0.2) is 8.42 Å². The van der Waals surface area contributed by atoms with Crippen LogP contribution in [0.4, 0.5) is 5.69 Å². The number of methoxy groups -OCH3 is 1. The number of hydrogen-bond donors (Lipinski definition) is 1. The second-order valence-corrected chi connectivity index (χ2v) is 11.7. The molecule has 8 nitrogen and oxygen atoms in total. The Morgan fingerprint density at radius 3 is 2.30 bits per heavy atom. The number of hydrogen-bond acceptors (Lipinski definition) is 5. The van der Waals surface area contributed by atoms with Crippen molar-refractivity contribution in [1.29, 1.82) is 0 Å². The maximum Gasteiger partial charge on any atom is 0.243 e. The number of nitrogens with one attached hydrogen (secondary N) is 1. The Bertz CT molecular complexity index is 1370. The molecule has 1 N–H and O–H groups in total. The van der Waals surface area contributed by atoms with Gasteiger partial charge in [0.25, 0.3) is 0 Å². The van der Waals surface area contributed by atoms with E-state index >= 15 is 0 Å². The fourth-order valence-electron chi connectivity index (χ4n) is 4.40. The highest BCUT2D eigenvalue weighted by Gasteiger charge is 2.30. The monoisotopic (exact) mass is 585 g/mol. The standard InChI is InChI=1S/C30H36ClN3O5S/c1-4-32-30(36)28(20-23-10-6-5-7-11-23)33(22-24-15-17-25(31)18-16-24)29(35)14-9-19-34(40(3,37)38)26-12-8-13-27(21-26)39-2/h5-8,10-13,15-18,21,28H,4,9,14,19-20,22H2,1-3H3,(H,32,36)/t28-/m0/s1. The number of halogens is 1. The summed E-state index contributed by atoms with van der Waals surface area (Å²) in [5, 5.41) is 3.44. The molecule has 0 fully saturated rings. The SMILES string of the molecule is CCNC(=O)[C@H](Cc1ccccc1)N(Cc1ccc(Cl)cc1)C(=O)CCCN(c1cccc(OC)c1)S(C)(=O)=O. The van der Waals surface area contributed by atoms with E-state index in [1.54, 1.807) is 41.3 Å². The largest absolute Gasteiger partial charge is 0.497 e. The lowest BCUT2D eigenvalue weighted by atomic mass is 10.0. The van der Waals surface area contributed by atoms with Crippen molar-refractivity contribution in [3.05, 3.63) is 95.0 Å². The molecular formula is C30H36ClN3O5S. The minimum Gasteiger partial charge on any atom is -0.497 e. The number of amides is 2. The number of rotatable bonds is 14. The zero-order chi connectivity index (χ0) is 29.1. The normalized spacial score (nSPS) is 11.9. The molecule has 0 aromatic heterocycles. The zero-order valence-electron chi connectivity index (χ0n) is 23.0. The predicted octanol–water partition coefficient (Wildman–Crippen LogP) is 4.67. The number of likely N-dealkylation sites (N-methyl/N-ethyl adjacent to an activating group) is 1. The van der Waals surface area contributed by atoms with Gasteiger partial charge in [0, 0.05) is 43.6 Å². The third kappa shape index (κ3) is 8.99. The first kappa shape index (κ1) is 31.0. The lowest BCUT2D eigenvalue weighted by Gasteiger charge is -2.32. The van der Waals surface area contributed by atoms with E-state index in [-0.39, 0.29) is 37.7 Å². The summed E-state index contributed by atoms with van der Waals surface area (Å²) in [4.78, 5) is 28.6. The number of sulfonamides is 1. The first-order valence-electron chi connectivity index (χ1n) is 13.1. The van der Waals surface area contributed by atoms with Crippen molar-refractivity contribution in [3.63, 3.8) is 0 Å². The maximum absolute atomic E-state index is 13.8. The Hall–Kier alpha value is -3.56. The lowest BCUT2D eigenvalue weighted by Crippen LogP contribution is -2.50. The summed E-state index contributed by atoms with van der Waals surface area (Å²) in [5.41, 5.74) is 2.21. The summed E-state index contributed by atoms with van der Waals surface area (Å²) in [5.74, 6) is 0.0334. The molecule has 0 aliphatic heterocycles. The summed E-state index contributed by atoms with van der Waals surface area (Å²) in [6.45, 7) is 2.56. The van der Waals surface area contributed by atoms with E-state index in [9.17, 15) is 18.0 Å². The minimum atomic E-state index is -3.62. The van der Waals surface area contributed by atoms with E-state index < -0.39 is 16.1 Å². The van der Waals surface area contributed by atoms with Crippen LogP contribution >= 0.6 is 11.6 Å². The van der Waals surface area contributed by atoms with Gasteiger partial charge in [0.1, 0.15) is 11.8 Å². The van der Waals surface area contributed by atoms with Gasteiger partial charge in [0.15, 0.2) is 0 Å². The molecule has 0 unspecified atom stereocenters. The highest BCUT2D eigenvalue weighted by Crippen LogP contribution is 2.24. The quantitative estimate of drug-likeness (QED) is 0.297. The van der Waals surface area contributed by atoms with Gasteiger partial charge in [-0.15, -0.1) is 0 Å². The number of ether oxygens (including phenoxy) is 1. The minimum absolute atomic E-state index is 0.0499. The van der Waals surface area contributed by atoms with Gasteiger partial charge in [0.2, 0.25) is 21.8 Å². The Morgan fingerprint density at radius 2 is 1.68 bits per heavy atom. The van der Waals surface area contributed by atoms with Crippen molar-refractivity contribution in [1.82, 2.24) is 10.2 Å². The van der Waals surface area contributed by atoms with Crippen molar-refractivity contribution in [3.8, 4) is 5.75 Å². The van der Waals surface area contributed by atoms with Crippen molar-refractivity contribution in [2.24, 2.45) is 0 Å². The first-order chi connectivity index (χ1) is 19.1. The Kier molecular flexibility index (Phi) is 11.4. The average molecular weight is 586 g/mol. The van der Waals surface area contributed by atoms with Gasteiger partial charge in [-0.3, -0.25) is 13.9 Å². The molecule has 40 heavy (non-hydrogen) atoms. The van der Waals surface area contributed by atoms with Gasteiger partial charge in [-0.2, -0.15) is 0 Å². The van der Waals surface area contributed by atoms with E-state index in [1.807, 2.05) is 49.4 Å². The van der Waals surface area contributed by atoms with Crippen LogP contribution in [0.15, 0.2) is 78.9 Å². The molecule has 3 rings (SSSR count). The zero-order valence-corrected chi connectivity index (χ0v) is 24.6. The summed E-state index contributed by atoms with van der Waals surface area (Å²) in [7, 11) is -2.10. The average Bonchev–Trinajstić information content (AvgIpc) is 2.94. The summed E-state index contributed by atoms with van der Waals surface area (Å²) >= 11 is 6.07. The van der Waals surface area contributed by atoms with Crippen molar-refractivity contribution < 1.29 is 22.7 Å². The van der Waals surface area contributed by atoms with Crippen LogP contribution in [0.1, 0.15) is 30.9 Å². The van der Waals surface area contributed by atoms with Crippen molar-refractivity contribution >= 4 is 39.1 Å². The number of carbonyl (C=O) groups excluding carboxylic acids is 2. The smallest absolute Gasteiger partial charge is 0.243 e. The van der Waals surface area contributed by atoms with E-state index in [0.29, 0.717) is 29.4 Å². The Morgan fingerprint density at radius 1 is 0.975 bits per heavy atom. The van der Waals surface area contributed by atoms with Crippen LogP contribution < -0.4 is 14.4 Å². The second kappa shape index (κ2) is 14.7. The number of anilines is 1. The fraction of sp³-hybridized carbons (Fsp3) is 0.333. The fourth-order valence-corrected chi connectivity index (χ4v) is 5.49. The van der Waals surface area contributed by atoms with Crippen LogP contribution in [-0.4, -0.2) is 57.6 Å². The molecule has 3 aromatic rings. The van der Waals surface area contributed by atoms with Crippen LogP contribution in [0.25, 0.3) is 0 Å². The van der Waals surface area contributed by atoms with Crippen LogP contribution in [0, 0.1) is 0 Å². The van der Waals surface area contributed by atoms with Gasteiger partial charge in [-0.1, -0.05) is 60.1 Å². The van der Waals surface area contributed by atoms with Gasteiger partial charge in [0.05, 0.1) is 19.1 Å². The first-order valence-corrected chi connectivity index (χ1v) is 15.3. The maximum atomic E-state index is 13.8. The number of nitrogens with zero attached hydrogens (tertiary/aromatic N) is 2. The second-order valence-electron chi connectivity index (χ2n) is 9.39. The van der Waals surface area contributed by atoms with E-state index in [1.165, 1.54) is 11.4 Å². The molecule has 0 saturated heterocycles. The highest BCUT2D eigenvalue weighted by molar-refractivity contribution is 7.92. The number of benzene rings is 3. The van der Waals surface area contributed by atoms with Crippen LogP contribution in [0.5, 0.6) is 5.75 Å². The van der Waals surface area contributed by atoms with Gasteiger partial charge >= 0.3 is 0 Å². The molecule has 2 amide bonds. The number of carbonyl (C=O) groups is 2. The predicted molar refractivity (Wildman–Crippen MR) is 159 cm³/mol. The Balaban J connectivity index is 1.85. The molecule has 0 saturated carbocycles. The molecule has 0 spiro atoms. The molecule has 0 radical (unpaired) electrons. The highest BCUT2D eigenvalue weighted by atomic mass is 35.5. The summed E-state index contributed by atoms with van der Waals surface area (Å²) in [6, 6.07) is 22.7. The van der Waals surface area contributed by atoms with Gasteiger partial charge < -0.3 is 15.0 Å². The summed E-state index contributed by atoms with van der Waals surface area (Å²) < 4.78 is 31.7. The van der Waals surface area contributed by atoms with Crippen molar-refractivity contribution in [2.45, 2.75) is 38.8 Å². The van der Waals surface area contributed by atoms with E-state index in [4.69, 9.17) is 16.3 Å². The molecule has 0 aliphatic carbocycles. The van der Waals surface area contributed by atoms with E-state index in [2.05, 4.69) is 5.32 Å². The van der Waals surface area contributed by atoms with Gasteiger partial charge in [-0.05, 0) is 48.7 Å². The molecule has 0 bridgehead atoms. The van der Waals surface area contributed by atoms with Crippen LogP contribution in [-0.2, 0) is 32.6 Å². The summed E-state index contributed by atoms with van der Waals surface area (Å²) in [6.07, 6.45) is 1.78. The molecular weight excluding hydrogens is 550 g/mol. The topological polar surface area (TPSA) is 96.0 Å². The lowest BCUT2D eigenvalue weighted by molar-refractivity contribution is -0.141. The molecule has 0 aliphatic rings. The molecule has 10 heteroatoms. The molecule has 1 atom stereocenters. The molecule has 0 heterocycles. The van der Waals surface area contributed by atoms with Crippen molar-refractivity contribution in [2.75, 3.05) is 30.8 Å². The Labute approximate surface area is 241 Å². The molecule has 3 aromatic carbocycles. The van der Waals surface area contributed by atoms with Crippen LogP contribution in [0.2, 0.25) is 5.02 Å². The molecule has 214 valence electrons. The van der Waals surface area contributed by atoms with E-state index in [0.717, 1.165) is 17.4 Å². The third-order valence-corrected chi connectivity index (χ3v) is 7.83. The van der Waals surface area contributed by atoms with Crippen LogP contribution in [0.3, 0.4) is 0 Å². The third-order valence-electron chi connectivity index (χ3n) is 6.38.